The molecule has 2 rings (SSSR count). The largest absolute Gasteiger partial charge is 0.353 e. The highest BCUT2D eigenvalue weighted by atomic mass is 35.5. The minimum absolute atomic E-state index is 0. The molecule has 1 aromatic heterocycles. The molecule has 0 radical (unpaired) electrons. The number of rotatable bonds is 5. The first kappa shape index (κ1) is 17.0. The Balaban J connectivity index is 0.00000220. The summed E-state index contributed by atoms with van der Waals surface area (Å²) in [5, 5.41) is 10.2. The molecule has 0 aliphatic carbocycles. The van der Waals surface area contributed by atoms with Crippen LogP contribution < -0.4 is 16.4 Å². The van der Waals surface area contributed by atoms with Gasteiger partial charge in [0.1, 0.15) is 0 Å². The maximum absolute atomic E-state index is 11.8. The first-order chi connectivity index (χ1) is 9.58. The van der Waals surface area contributed by atoms with Crippen molar-refractivity contribution in [3.8, 4) is 0 Å². The molecule has 0 bridgehead atoms. The summed E-state index contributed by atoms with van der Waals surface area (Å²) in [4.78, 5) is 11.8. The van der Waals surface area contributed by atoms with E-state index in [0.717, 1.165) is 17.1 Å². The van der Waals surface area contributed by atoms with Gasteiger partial charge in [0.25, 0.3) is 0 Å². The Morgan fingerprint density at radius 3 is 2.71 bits per heavy atom. The van der Waals surface area contributed by atoms with E-state index in [-0.39, 0.29) is 24.2 Å². The molecular weight excluding hydrogens is 290 g/mol. The number of nitrogens with two attached hydrogens (primary N) is 1. The second kappa shape index (κ2) is 7.66. The molecule has 0 saturated carbocycles. The fourth-order valence-electron chi connectivity index (χ4n) is 1.70. The lowest BCUT2D eigenvalue weighted by Crippen LogP contribution is -2.26. The number of carbonyl (C=O) groups is 1. The summed E-state index contributed by atoms with van der Waals surface area (Å²) in [5.41, 5.74) is 8.00. The summed E-state index contributed by atoms with van der Waals surface area (Å²) in [5.74, 6) is -0.282. The van der Waals surface area contributed by atoms with E-state index < -0.39 is 0 Å². The maximum atomic E-state index is 11.8. The fourth-order valence-corrected chi connectivity index (χ4v) is 1.70. The van der Waals surface area contributed by atoms with Gasteiger partial charge in [-0.05, 0) is 18.2 Å². The Bertz CT molecular complexity index is 599. The smallest absolute Gasteiger partial charge is 0.228 e. The standard InChI is InChI=1S/C14H19N5O.ClH/c1-10(7-15)14(20)18-12-5-3-4-11(6-12)17-13-8-16-19(2)9-13;/h3-6,8-10,17H,7,15H2,1-2H3,(H,18,20);1H. The van der Waals surface area contributed by atoms with Crippen molar-refractivity contribution in [3.05, 3.63) is 36.7 Å². The molecule has 1 heterocycles. The van der Waals surface area contributed by atoms with Gasteiger partial charge >= 0.3 is 0 Å². The van der Waals surface area contributed by atoms with Crippen molar-refractivity contribution in [1.29, 1.82) is 0 Å². The van der Waals surface area contributed by atoms with Gasteiger partial charge in [-0.15, -0.1) is 12.4 Å². The summed E-state index contributed by atoms with van der Waals surface area (Å²) in [6.45, 7) is 2.13. The van der Waals surface area contributed by atoms with E-state index in [1.54, 1.807) is 17.8 Å². The summed E-state index contributed by atoms with van der Waals surface area (Å²) < 4.78 is 1.72. The average molecular weight is 310 g/mol. The highest BCUT2D eigenvalue weighted by Crippen LogP contribution is 2.19. The number of hydrogen-bond acceptors (Lipinski definition) is 4. The number of nitrogens with zero attached hydrogens (tertiary/aromatic N) is 2. The lowest BCUT2D eigenvalue weighted by atomic mass is 10.1. The molecule has 1 atom stereocenters. The van der Waals surface area contributed by atoms with Gasteiger partial charge in [-0.2, -0.15) is 5.10 Å². The summed E-state index contributed by atoms with van der Waals surface area (Å²) in [6, 6.07) is 7.51. The van der Waals surface area contributed by atoms with Crippen molar-refractivity contribution in [3.63, 3.8) is 0 Å². The highest BCUT2D eigenvalue weighted by molar-refractivity contribution is 5.93. The fraction of sp³-hybridized carbons (Fsp3) is 0.286. The average Bonchev–Trinajstić information content (AvgIpc) is 2.83. The SMILES string of the molecule is CC(CN)C(=O)Nc1cccc(Nc2cnn(C)c2)c1.Cl. The number of benzene rings is 1. The Labute approximate surface area is 130 Å². The number of amides is 1. The molecular formula is C14H20ClN5O. The molecule has 0 aliphatic rings. The molecule has 1 amide bonds. The van der Waals surface area contributed by atoms with E-state index in [0.29, 0.717) is 6.54 Å². The number of anilines is 3. The van der Waals surface area contributed by atoms with E-state index >= 15 is 0 Å². The lowest BCUT2D eigenvalue weighted by molar-refractivity contribution is -0.119. The van der Waals surface area contributed by atoms with Crippen LogP contribution in [0.15, 0.2) is 36.7 Å². The Kier molecular flexibility index (Phi) is 6.20. The zero-order chi connectivity index (χ0) is 14.5. The lowest BCUT2D eigenvalue weighted by Gasteiger charge is -2.11. The van der Waals surface area contributed by atoms with Crippen molar-refractivity contribution in [1.82, 2.24) is 9.78 Å². The van der Waals surface area contributed by atoms with Gasteiger partial charge in [0.2, 0.25) is 5.91 Å². The molecule has 7 heteroatoms. The van der Waals surface area contributed by atoms with Gasteiger partial charge in [-0.1, -0.05) is 13.0 Å². The number of hydrogen-bond donors (Lipinski definition) is 3. The summed E-state index contributed by atoms with van der Waals surface area (Å²) in [7, 11) is 1.86. The first-order valence-electron chi connectivity index (χ1n) is 6.45. The van der Waals surface area contributed by atoms with Crippen molar-refractivity contribution in [2.75, 3.05) is 17.2 Å². The predicted molar refractivity (Wildman–Crippen MR) is 87.0 cm³/mol. The Morgan fingerprint density at radius 1 is 1.38 bits per heavy atom. The van der Waals surface area contributed by atoms with E-state index in [1.165, 1.54) is 0 Å². The van der Waals surface area contributed by atoms with Gasteiger partial charge in [-0.25, -0.2) is 0 Å². The van der Waals surface area contributed by atoms with Gasteiger partial charge in [-0.3, -0.25) is 9.48 Å². The van der Waals surface area contributed by atoms with Gasteiger partial charge in [0, 0.05) is 37.1 Å². The molecule has 2 aromatic rings. The van der Waals surface area contributed by atoms with Crippen molar-refractivity contribution < 1.29 is 4.79 Å². The third-order valence-corrected chi connectivity index (χ3v) is 2.92. The third kappa shape index (κ3) is 4.77. The third-order valence-electron chi connectivity index (χ3n) is 2.92. The van der Waals surface area contributed by atoms with Crippen molar-refractivity contribution in [2.45, 2.75) is 6.92 Å². The van der Waals surface area contributed by atoms with Crippen molar-refractivity contribution in [2.24, 2.45) is 18.7 Å². The van der Waals surface area contributed by atoms with Crippen LogP contribution in [0.5, 0.6) is 0 Å². The molecule has 114 valence electrons. The number of halogens is 1. The minimum Gasteiger partial charge on any atom is -0.353 e. The quantitative estimate of drug-likeness (QED) is 0.790. The van der Waals surface area contributed by atoms with Crippen LogP contribution in [0.1, 0.15) is 6.92 Å². The number of nitrogens with one attached hydrogen (secondary N) is 2. The van der Waals surface area contributed by atoms with E-state index in [2.05, 4.69) is 15.7 Å². The first-order valence-corrected chi connectivity index (χ1v) is 6.45. The number of aryl methyl sites for hydroxylation is 1. The van der Waals surface area contributed by atoms with Gasteiger partial charge in [0.05, 0.1) is 11.9 Å². The van der Waals surface area contributed by atoms with Crippen LogP contribution in [0.4, 0.5) is 17.1 Å². The number of carbonyl (C=O) groups excluding carboxylic acids is 1. The zero-order valence-corrected chi connectivity index (χ0v) is 12.9. The van der Waals surface area contributed by atoms with Crippen LogP contribution in [0.25, 0.3) is 0 Å². The van der Waals surface area contributed by atoms with Crippen LogP contribution in [-0.4, -0.2) is 22.2 Å². The predicted octanol–water partition coefficient (Wildman–Crippen LogP) is 2.12. The molecule has 1 aromatic carbocycles. The minimum atomic E-state index is -0.204. The van der Waals surface area contributed by atoms with Crippen LogP contribution >= 0.6 is 12.4 Å². The highest BCUT2D eigenvalue weighted by Gasteiger charge is 2.10. The molecule has 0 fully saturated rings. The molecule has 0 spiro atoms. The van der Waals surface area contributed by atoms with Crippen molar-refractivity contribution >= 4 is 35.4 Å². The van der Waals surface area contributed by atoms with E-state index in [1.807, 2.05) is 37.5 Å². The summed E-state index contributed by atoms with van der Waals surface area (Å²) >= 11 is 0. The second-order valence-corrected chi connectivity index (χ2v) is 4.73. The maximum Gasteiger partial charge on any atom is 0.228 e. The molecule has 0 aliphatic heterocycles. The molecule has 6 nitrogen and oxygen atoms in total. The normalized spacial score (nSPS) is 11.4. The second-order valence-electron chi connectivity index (χ2n) is 4.73. The van der Waals surface area contributed by atoms with E-state index in [9.17, 15) is 4.79 Å². The van der Waals surface area contributed by atoms with Gasteiger partial charge < -0.3 is 16.4 Å². The monoisotopic (exact) mass is 309 g/mol. The molecule has 21 heavy (non-hydrogen) atoms. The van der Waals surface area contributed by atoms with E-state index in [4.69, 9.17) is 5.73 Å². The summed E-state index contributed by atoms with van der Waals surface area (Å²) in [6.07, 6.45) is 3.61. The van der Waals surface area contributed by atoms with Crippen LogP contribution in [0, 0.1) is 5.92 Å². The Morgan fingerprint density at radius 2 is 2.10 bits per heavy atom. The van der Waals surface area contributed by atoms with Crippen LogP contribution in [-0.2, 0) is 11.8 Å². The molecule has 1 unspecified atom stereocenters. The topological polar surface area (TPSA) is 85.0 Å². The Hall–Kier alpha value is -2.05. The zero-order valence-electron chi connectivity index (χ0n) is 12.0. The molecule has 4 N–H and O–H groups in total. The van der Waals surface area contributed by atoms with Crippen LogP contribution in [0.2, 0.25) is 0 Å². The number of aromatic nitrogens is 2. The van der Waals surface area contributed by atoms with Gasteiger partial charge in [0.15, 0.2) is 0 Å². The van der Waals surface area contributed by atoms with Crippen LogP contribution in [0.3, 0.4) is 0 Å². The molecule has 0 saturated heterocycles.